The van der Waals surface area contributed by atoms with Crippen LogP contribution in [0.15, 0.2) is 12.4 Å². The molecule has 3 saturated heterocycles. The number of amides is 2. The lowest BCUT2D eigenvalue weighted by molar-refractivity contribution is -0.132. The van der Waals surface area contributed by atoms with Gasteiger partial charge in [0.2, 0.25) is 5.91 Å². The van der Waals surface area contributed by atoms with Crippen molar-refractivity contribution in [2.75, 3.05) is 82.0 Å². The Bertz CT molecular complexity index is 688. The topological polar surface area (TPSA) is 91.3 Å². The second kappa shape index (κ2) is 7.95. The summed E-state index contributed by atoms with van der Waals surface area (Å²) in [5.74, 6) is 1.75. The highest BCUT2D eigenvalue weighted by molar-refractivity contribution is 5.83. The smallest absolute Gasteiger partial charge is 0.410 e. The van der Waals surface area contributed by atoms with Crippen LogP contribution in [-0.4, -0.2) is 104 Å². The molecule has 27 heavy (non-hydrogen) atoms. The van der Waals surface area contributed by atoms with E-state index in [2.05, 4.69) is 19.8 Å². The van der Waals surface area contributed by atoms with E-state index in [4.69, 9.17) is 9.47 Å². The molecule has 0 atom stereocenters. The highest BCUT2D eigenvalue weighted by Gasteiger charge is 2.28. The third kappa shape index (κ3) is 4.05. The summed E-state index contributed by atoms with van der Waals surface area (Å²) in [5.41, 5.74) is 0. The maximum atomic E-state index is 12.4. The van der Waals surface area contributed by atoms with Crippen molar-refractivity contribution in [1.82, 2.24) is 19.8 Å². The Hall–Kier alpha value is -2.62. The van der Waals surface area contributed by atoms with Crippen molar-refractivity contribution in [3.63, 3.8) is 0 Å². The summed E-state index contributed by atoms with van der Waals surface area (Å²) in [6.45, 7) is 6.65. The third-order valence-corrected chi connectivity index (χ3v) is 5.10. The average molecular weight is 376 g/mol. The molecule has 3 fully saturated rings. The molecule has 10 heteroatoms. The molecule has 0 saturated carbocycles. The maximum Gasteiger partial charge on any atom is 0.410 e. The van der Waals surface area contributed by atoms with Crippen LogP contribution in [0, 0.1) is 0 Å². The van der Waals surface area contributed by atoms with E-state index in [0.29, 0.717) is 52.5 Å². The van der Waals surface area contributed by atoms with E-state index < -0.39 is 6.09 Å². The highest BCUT2D eigenvalue weighted by atomic mass is 16.6. The monoisotopic (exact) mass is 376 g/mol. The number of aromatic nitrogens is 2. The van der Waals surface area contributed by atoms with Crippen LogP contribution < -0.4 is 9.80 Å². The molecule has 2 amide bonds. The van der Waals surface area contributed by atoms with Crippen molar-refractivity contribution in [2.45, 2.75) is 0 Å². The lowest BCUT2D eigenvalue weighted by Gasteiger charge is -2.36. The molecule has 0 N–H and O–H groups in total. The minimum atomic E-state index is -0.404. The van der Waals surface area contributed by atoms with Crippen molar-refractivity contribution in [3.05, 3.63) is 12.4 Å². The van der Waals surface area contributed by atoms with Gasteiger partial charge in [-0.15, -0.1) is 0 Å². The van der Waals surface area contributed by atoms with Gasteiger partial charge in [0.25, 0.3) is 0 Å². The molecule has 10 nitrogen and oxygen atoms in total. The molecule has 0 aliphatic carbocycles. The Kier molecular flexibility index (Phi) is 5.23. The molecule has 0 bridgehead atoms. The number of rotatable bonds is 4. The average Bonchev–Trinajstić information content (AvgIpc) is 3.13. The molecule has 0 spiro atoms. The largest absolute Gasteiger partial charge is 0.448 e. The zero-order valence-electron chi connectivity index (χ0n) is 15.2. The fourth-order valence-electron chi connectivity index (χ4n) is 3.49. The lowest BCUT2D eigenvalue weighted by Crippen LogP contribution is -2.51. The van der Waals surface area contributed by atoms with E-state index in [1.807, 2.05) is 6.07 Å². The van der Waals surface area contributed by atoms with Gasteiger partial charge in [-0.25, -0.2) is 14.8 Å². The molecule has 0 radical (unpaired) electrons. The SMILES string of the molecule is O=C(CN1CCOC1=O)N1CCN(c2cc(N3CCOCC3)ncn2)CC1. The van der Waals surface area contributed by atoms with Gasteiger partial charge < -0.3 is 24.2 Å². The number of nitrogens with zero attached hydrogens (tertiary/aromatic N) is 6. The summed E-state index contributed by atoms with van der Waals surface area (Å²) in [4.78, 5) is 40.3. The number of morpholine rings is 1. The molecule has 0 unspecified atom stereocenters. The van der Waals surface area contributed by atoms with Gasteiger partial charge in [-0.2, -0.15) is 0 Å². The predicted molar refractivity (Wildman–Crippen MR) is 96.8 cm³/mol. The first kappa shape index (κ1) is 17.8. The van der Waals surface area contributed by atoms with Crippen molar-refractivity contribution in [1.29, 1.82) is 0 Å². The van der Waals surface area contributed by atoms with Crippen LogP contribution >= 0.6 is 0 Å². The Morgan fingerprint density at radius 3 is 2.22 bits per heavy atom. The summed E-state index contributed by atoms with van der Waals surface area (Å²) in [5, 5.41) is 0. The minimum Gasteiger partial charge on any atom is -0.448 e. The third-order valence-electron chi connectivity index (χ3n) is 5.10. The Morgan fingerprint density at radius 2 is 1.59 bits per heavy atom. The molecular weight excluding hydrogens is 352 g/mol. The van der Waals surface area contributed by atoms with E-state index in [-0.39, 0.29) is 12.5 Å². The number of ether oxygens (including phenoxy) is 2. The molecule has 0 aromatic carbocycles. The number of carbonyl (C=O) groups is 2. The Balaban J connectivity index is 1.32. The Morgan fingerprint density at radius 1 is 0.926 bits per heavy atom. The molecule has 3 aliphatic heterocycles. The fraction of sp³-hybridized carbons (Fsp3) is 0.647. The second-order valence-electron chi connectivity index (χ2n) is 6.74. The second-order valence-corrected chi connectivity index (χ2v) is 6.74. The first-order valence-electron chi connectivity index (χ1n) is 9.30. The molecule has 4 rings (SSSR count). The van der Waals surface area contributed by atoms with Crippen LogP contribution in [-0.2, 0) is 14.3 Å². The number of hydrogen-bond acceptors (Lipinski definition) is 8. The first-order chi connectivity index (χ1) is 13.2. The van der Waals surface area contributed by atoms with E-state index >= 15 is 0 Å². The zero-order valence-corrected chi connectivity index (χ0v) is 15.2. The van der Waals surface area contributed by atoms with Crippen LogP contribution in [0.1, 0.15) is 0 Å². The van der Waals surface area contributed by atoms with Crippen molar-refractivity contribution in [3.8, 4) is 0 Å². The van der Waals surface area contributed by atoms with Gasteiger partial charge in [-0.05, 0) is 0 Å². The number of anilines is 2. The molecule has 1 aromatic rings. The summed E-state index contributed by atoms with van der Waals surface area (Å²) < 4.78 is 10.3. The summed E-state index contributed by atoms with van der Waals surface area (Å²) in [6, 6.07) is 2.00. The van der Waals surface area contributed by atoms with E-state index in [0.717, 1.165) is 24.7 Å². The Labute approximate surface area is 157 Å². The summed E-state index contributed by atoms with van der Waals surface area (Å²) in [7, 11) is 0. The van der Waals surface area contributed by atoms with Gasteiger partial charge in [-0.1, -0.05) is 0 Å². The van der Waals surface area contributed by atoms with Gasteiger partial charge in [0.15, 0.2) is 0 Å². The van der Waals surface area contributed by atoms with Crippen LogP contribution in [0.3, 0.4) is 0 Å². The zero-order chi connectivity index (χ0) is 18.6. The summed E-state index contributed by atoms with van der Waals surface area (Å²) in [6.07, 6.45) is 1.19. The fourth-order valence-corrected chi connectivity index (χ4v) is 3.49. The normalized spacial score (nSPS) is 20.8. The van der Waals surface area contributed by atoms with E-state index in [1.54, 1.807) is 11.2 Å². The van der Waals surface area contributed by atoms with Gasteiger partial charge in [0, 0.05) is 45.3 Å². The molecule has 146 valence electrons. The van der Waals surface area contributed by atoms with Gasteiger partial charge in [0.05, 0.1) is 19.8 Å². The van der Waals surface area contributed by atoms with E-state index in [1.165, 1.54) is 4.90 Å². The first-order valence-corrected chi connectivity index (χ1v) is 9.30. The van der Waals surface area contributed by atoms with Gasteiger partial charge in [0.1, 0.15) is 31.1 Å². The number of carbonyl (C=O) groups excluding carboxylic acids is 2. The number of hydrogen-bond donors (Lipinski definition) is 0. The number of cyclic esters (lactones) is 1. The van der Waals surface area contributed by atoms with Crippen LogP contribution in [0.25, 0.3) is 0 Å². The van der Waals surface area contributed by atoms with Gasteiger partial charge in [-0.3, -0.25) is 9.69 Å². The quantitative estimate of drug-likeness (QED) is 0.689. The van der Waals surface area contributed by atoms with Crippen molar-refractivity contribution in [2.24, 2.45) is 0 Å². The molecule has 1 aromatic heterocycles. The van der Waals surface area contributed by atoms with Crippen LogP contribution in [0.5, 0.6) is 0 Å². The van der Waals surface area contributed by atoms with Gasteiger partial charge >= 0.3 is 6.09 Å². The summed E-state index contributed by atoms with van der Waals surface area (Å²) >= 11 is 0. The van der Waals surface area contributed by atoms with Crippen molar-refractivity contribution < 1.29 is 19.1 Å². The highest BCUT2D eigenvalue weighted by Crippen LogP contribution is 2.20. The van der Waals surface area contributed by atoms with Crippen LogP contribution in [0.2, 0.25) is 0 Å². The molecule has 3 aliphatic rings. The van der Waals surface area contributed by atoms with E-state index in [9.17, 15) is 9.59 Å². The molecule has 4 heterocycles. The maximum absolute atomic E-state index is 12.4. The lowest BCUT2D eigenvalue weighted by atomic mass is 10.3. The van der Waals surface area contributed by atoms with Crippen molar-refractivity contribution >= 4 is 23.6 Å². The standard InChI is InChI=1S/C17H24N6O4/c24-16(12-23-7-10-27-17(23)25)22-3-1-20(2-4-22)14-11-15(19-13-18-14)21-5-8-26-9-6-21/h11,13H,1-10,12H2. The number of piperazine rings is 1. The van der Waals surface area contributed by atoms with Crippen LogP contribution in [0.4, 0.5) is 16.4 Å². The molecular formula is C17H24N6O4. The minimum absolute atomic E-state index is 0.0369. The predicted octanol–water partition coefficient (Wildman–Crippen LogP) is -0.586.